The molecule has 0 bridgehead atoms. The summed E-state index contributed by atoms with van der Waals surface area (Å²) in [6, 6.07) is 12.4. The number of nitrogens with zero attached hydrogens (tertiary/aromatic N) is 2. The number of fused-ring (bicyclic) bond motifs is 1. The van der Waals surface area contributed by atoms with Crippen LogP contribution in [0.3, 0.4) is 0 Å². The minimum Gasteiger partial charge on any atom is -0.463 e. The number of benzene rings is 2. The van der Waals surface area contributed by atoms with Crippen LogP contribution >= 0.6 is 11.8 Å². The smallest absolute Gasteiger partial charge is 0.319 e. The van der Waals surface area contributed by atoms with Gasteiger partial charge in [0.1, 0.15) is 11.9 Å². The number of rotatable bonds is 7. The monoisotopic (exact) mass is 400 g/mol. The van der Waals surface area contributed by atoms with Crippen molar-refractivity contribution in [1.82, 2.24) is 4.90 Å². The van der Waals surface area contributed by atoms with E-state index in [0.717, 1.165) is 4.90 Å². The van der Waals surface area contributed by atoms with E-state index in [2.05, 4.69) is 0 Å². The number of esters is 1. The largest absolute Gasteiger partial charge is 0.463 e. The van der Waals surface area contributed by atoms with Crippen molar-refractivity contribution in [3.63, 3.8) is 0 Å². The third kappa shape index (κ3) is 4.04. The summed E-state index contributed by atoms with van der Waals surface area (Å²) in [5.41, 5.74) is 0.669. The maximum atomic E-state index is 12.2. The van der Waals surface area contributed by atoms with Gasteiger partial charge >= 0.3 is 5.97 Å². The van der Waals surface area contributed by atoms with Crippen LogP contribution < -0.4 is 0 Å². The highest BCUT2D eigenvalue weighted by molar-refractivity contribution is 8.00. The van der Waals surface area contributed by atoms with E-state index in [1.165, 1.54) is 23.9 Å². The lowest BCUT2D eigenvalue weighted by atomic mass is 10.1. The molecule has 1 aliphatic heterocycles. The molecule has 9 heteroatoms. The zero-order valence-corrected chi connectivity index (χ0v) is 15.7. The molecule has 8 nitrogen and oxygen atoms in total. The van der Waals surface area contributed by atoms with E-state index in [1.54, 1.807) is 43.3 Å². The standard InChI is InChI=1S/C19H16N2O6S/c1-12(28-14-8-6-13(7-9-14)21(25)26)19(24)27-11-10-20-17(22)15-4-2-3-5-16(15)18(20)23/h2-9,12H,10-11H2,1H3/t12-/m0/s1. The average Bonchev–Trinajstić information content (AvgIpc) is 2.93. The fourth-order valence-corrected chi connectivity index (χ4v) is 3.56. The molecule has 1 heterocycles. The van der Waals surface area contributed by atoms with Gasteiger partial charge in [-0.2, -0.15) is 0 Å². The van der Waals surface area contributed by atoms with E-state index >= 15 is 0 Å². The van der Waals surface area contributed by atoms with Crippen LogP contribution in [0.1, 0.15) is 27.6 Å². The first-order chi connectivity index (χ1) is 13.4. The predicted molar refractivity (Wildman–Crippen MR) is 101 cm³/mol. The number of nitro benzene ring substituents is 1. The molecule has 3 rings (SSSR count). The Labute approximate surface area is 164 Å². The molecule has 0 saturated carbocycles. The average molecular weight is 400 g/mol. The van der Waals surface area contributed by atoms with Gasteiger partial charge in [-0.1, -0.05) is 12.1 Å². The van der Waals surface area contributed by atoms with Gasteiger partial charge in [0.15, 0.2) is 0 Å². The Morgan fingerprint density at radius 1 is 1.11 bits per heavy atom. The van der Waals surface area contributed by atoms with E-state index in [9.17, 15) is 24.5 Å². The zero-order chi connectivity index (χ0) is 20.3. The number of carbonyl (C=O) groups is 3. The summed E-state index contributed by atoms with van der Waals surface area (Å²) >= 11 is 1.20. The second kappa shape index (κ2) is 8.22. The van der Waals surface area contributed by atoms with E-state index in [1.807, 2.05) is 0 Å². The summed E-state index contributed by atoms with van der Waals surface area (Å²) in [6.45, 7) is 1.53. The molecule has 0 N–H and O–H groups in total. The van der Waals surface area contributed by atoms with E-state index in [-0.39, 0.29) is 18.8 Å². The maximum absolute atomic E-state index is 12.2. The molecule has 0 unspecified atom stereocenters. The lowest BCUT2D eigenvalue weighted by Crippen LogP contribution is -2.34. The van der Waals surface area contributed by atoms with Gasteiger partial charge in [0.25, 0.3) is 17.5 Å². The molecule has 2 aromatic carbocycles. The normalized spacial score (nSPS) is 14.0. The minimum atomic E-state index is -0.552. The van der Waals surface area contributed by atoms with Crippen molar-refractivity contribution in [2.75, 3.05) is 13.2 Å². The van der Waals surface area contributed by atoms with Crippen LogP contribution in [-0.4, -0.2) is 46.0 Å². The number of imide groups is 1. The Morgan fingerprint density at radius 3 is 2.21 bits per heavy atom. The van der Waals surface area contributed by atoms with Crippen molar-refractivity contribution in [3.05, 3.63) is 69.8 Å². The van der Waals surface area contributed by atoms with Gasteiger partial charge < -0.3 is 4.74 Å². The minimum absolute atomic E-state index is 0.0208. The van der Waals surface area contributed by atoms with Crippen molar-refractivity contribution in [2.45, 2.75) is 17.1 Å². The predicted octanol–water partition coefficient (Wildman–Crippen LogP) is 2.91. The molecule has 0 aliphatic carbocycles. The number of hydrogen-bond donors (Lipinski definition) is 0. The van der Waals surface area contributed by atoms with Gasteiger partial charge in [0.05, 0.1) is 22.6 Å². The molecular formula is C19H16N2O6S. The summed E-state index contributed by atoms with van der Waals surface area (Å²) in [4.78, 5) is 48.5. The van der Waals surface area contributed by atoms with E-state index in [4.69, 9.17) is 4.74 Å². The van der Waals surface area contributed by atoms with Gasteiger partial charge in [0.2, 0.25) is 0 Å². The van der Waals surface area contributed by atoms with Crippen molar-refractivity contribution in [1.29, 1.82) is 0 Å². The molecule has 2 aromatic rings. The third-order valence-electron chi connectivity index (χ3n) is 4.13. The summed E-state index contributed by atoms with van der Waals surface area (Å²) in [6.07, 6.45) is 0. The van der Waals surface area contributed by atoms with Crippen molar-refractivity contribution >= 4 is 35.2 Å². The highest BCUT2D eigenvalue weighted by Crippen LogP contribution is 2.26. The summed E-state index contributed by atoms with van der Waals surface area (Å²) < 4.78 is 5.18. The SMILES string of the molecule is C[C@H](Sc1ccc([N+](=O)[O-])cc1)C(=O)OCCN1C(=O)c2ccccc2C1=O. The molecule has 28 heavy (non-hydrogen) atoms. The first-order valence-corrected chi connectivity index (χ1v) is 9.29. The Balaban J connectivity index is 1.50. The van der Waals surface area contributed by atoms with Crippen molar-refractivity contribution in [3.8, 4) is 0 Å². The molecule has 2 amide bonds. The van der Waals surface area contributed by atoms with Crippen LogP contribution in [-0.2, 0) is 9.53 Å². The number of nitro groups is 1. The van der Waals surface area contributed by atoms with Crippen LogP contribution in [0.2, 0.25) is 0 Å². The molecule has 0 saturated heterocycles. The Bertz CT molecular complexity index is 909. The van der Waals surface area contributed by atoms with E-state index < -0.39 is 28.0 Å². The Morgan fingerprint density at radius 2 is 1.68 bits per heavy atom. The topological polar surface area (TPSA) is 107 Å². The molecule has 0 aromatic heterocycles. The molecule has 0 radical (unpaired) electrons. The number of thioether (sulfide) groups is 1. The summed E-state index contributed by atoms with van der Waals surface area (Å²) in [7, 11) is 0. The molecular weight excluding hydrogens is 384 g/mol. The summed E-state index contributed by atoms with van der Waals surface area (Å²) in [5, 5.41) is 10.1. The van der Waals surface area contributed by atoms with Gasteiger partial charge in [-0.3, -0.25) is 29.4 Å². The first kappa shape index (κ1) is 19.6. The Kier molecular flexibility index (Phi) is 5.74. The maximum Gasteiger partial charge on any atom is 0.319 e. The third-order valence-corrected chi connectivity index (χ3v) is 5.22. The number of amides is 2. The number of carbonyl (C=O) groups excluding carboxylic acids is 3. The van der Waals surface area contributed by atoms with Crippen LogP contribution in [0, 0.1) is 10.1 Å². The van der Waals surface area contributed by atoms with Gasteiger partial charge in [-0.15, -0.1) is 11.8 Å². The van der Waals surface area contributed by atoms with E-state index in [0.29, 0.717) is 16.0 Å². The van der Waals surface area contributed by atoms with Crippen LogP contribution in [0.4, 0.5) is 5.69 Å². The molecule has 1 aliphatic rings. The molecule has 0 spiro atoms. The fraction of sp³-hybridized carbons (Fsp3) is 0.211. The number of non-ortho nitro benzene ring substituents is 1. The second-order valence-corrected chi connectivity index (χ2v) is 7.40. The van der Waals surface area contributed by atoms with Crippen LogP contribution in [0.15, 0.2) is 53.4 Å². The summed E-state index contributed by atoms with van der Waals surface area (Å²) in [5.74, 6) is -1.30. The lowest BCUT2D eigenvalue weighted by Gasteiger charge is -2.15. The Hall–Kier alpha value is -3.20. The van der Waals surface area contributed by atoms with Crippen molar-refractivity contribution < 1.29 is 24.0 Å². The molecule has 0 fully saturated rings. The number of hydrogen-bond acceptors (Lipinski definition) is 7. The van der Waals surface area contributed by atoms with Gasteiger partial charge in [-0.05, 0) is 31.2 Å². The first-order valence-electron chi connectivity index (χ1n) is 8.41. The fourth-order valence-electron chi connectivity index (χ4n) is 2.70. The lowest BCUT2D eigenvalue weighted by molar-refractivity contribution is -0.384. The highest BCUT2D eigenvalue weighted by Gasteiger charge is 2.34. The molecule has 1 atom stereocenters. The molecule has 144 valence electrons. The quantitative estimate of drug-likeness (QED) is 0.231. The highest BCUT2D eigenvalue weighted by atomic mass is 32.2. The number of ether oxygens (including phenoxy) is 1. The van der Waals surface area contributed by atoms with Crippen molar-refractivity contribution in [2.24, 2.45) is 0 Å². The van der Waals surface area contributed by atoms with Gasteiger partial charge in [0, 0.05) is 17.0 Å². The van der Waals surface area contributed by atoms with Crippen LogP contribution in [0.25, 0.3) is 0 Å². The second-order valence-electron chi connectivity index (χ2n) is 5.99. The zero-order valence-electron chi connectivity index (χ0n) is 14.9. The van der Waals surface area contributed by atoms with Gasteiger partial charge in [-0.25, -0.2) is 0 Å². The van der Waals surface area contributed by atoms with Crippen LogP contribution in [0.5, 0.6) is 0 Å².